The summed E-state index contributed by atoms with van der Waals surface area (Å²) in [7, 11) is 0. The van der Waals surface area contributed by atoms with E-state index in [1.54, 1.807) is 11.0 Å². The molecule has 0 saturated heterocycles. The lowest BCUT2D eigenvalue weighted by atomic mass is 10.00. The highest BCUT2D eigenvalue weighted by atomic mass is 16.5. The molecule has 2 aliphatic rings. The number of hydrogen-bond acceptors (Lipinski definition) is 3. The number of amides is 2. The zero-order chi connectivity index (χ0) is 19.3. The van der Waals surface area contributed by atoms with Crippen molar-refractivity contribution in [1.29, 1.82) is 0 Å². The van der Waals surface area contributed by atoms with Gasteiger partial charge in [-0.3, -0.25) is 14.5 Å². The highest BCUT2D eigenvalue weighted by Crippen LogP contribution is 2.31. The molecule has 1 atom stereocenters. The third-order valence-electron chi connectivity index (χ3n) is 5.45. The first-order valence-electron chi connectivity index (χ1n) is 9.90. The Morgan fingerprint density at radius 1 is 1.11 bits per heavy atom. The Hall–Kier alpha value is -2.86. The fourth-order valence-corrected chi connectivity index (χ4v) is 3.95. The summed E-state index contributed by atoms with van der Waals surface area (Å²) in [6, 6.07) is 16.0. The van der Waals surface area contributed by atoms with Gasteiger partial charge in [-0.2, -0.15) is 0 Å². The third kappa shape index (κ3) is 4.17. The summed E-state index contributed by atoms with van der Waals surface area (Å²) < 4.78 is 5.41. The minimum atomic E-state index is -0.190. The maximum absolute atomic E-state index is 12.3. The lowest BCUT2D eigenvalue weighted by Crippen LogP contribution is -3.11. The molecule has 0 aliphatic carbocycles. The molecule has 2 aromatic carbocycles. The summed E-state index contributed by atoms with van der Waals surface area (Å²) in [6.45, 7) is 3.87. The molecule has 2 aliphatic heterocycles. The molecular weight excluding hydrogens is 354 g/mol. The van der Waals surface area contributed by atoms with Gasteiger partial charge >= 0.3 is 0 Å². The van der Waals surface area contributed by atoms with Crippen LogP contribution in [0.1, 0.15) is 17.5 Å². The quantitative estimate of drug-likeness (QED) is 0.720. The Balaban J connectivity index is 1.22. The lowest BCUT2D eigenvalue weighted by Gasteiger charge is -2.28. The topological polar surface area (TPSA) is 63.1 Å². The summed E-state index contributed by atoms with van der Waals surface area (Å²) in [5, 5.41) is 2.95. The van der Waals surface area contributed by atoms with Crippen LogP contribution in [0.2, 0.25) is 0 Å². The SMILES string of the molecule is O=C(CN1C(=O)COc2ccccc21)NCCC[NH+]1CCc2ccccc2C1. The van der Waals surface area contributed by atoms with Gasteiger partial charge in [0.2, 0.25) is 5.91 Å². The van der Waals surface area contributed by atoms with E-state index in [4.69, 9.17) is 4.74 Å². The van der Waals surface area contributed by atoms with Gasteiger partial charge in [0.25, 0.3) is 5.91 Å². The molecule has 4 rings (SSSR count). The van der Waals surface area contributed by atoms with Crippen LogP contribution in [-0.2, 0) is 22.6 Å². The number of hydrogen-bond donors (Lipinski definition) is 2. The van der Waals surface area contributed by atoms with Crippen molar-refractivity contribution in [3.05, 3.63) is 59.7 Å². The average molecular weight is 380 g/mol. The Labute approximate surface area is 165 Å². The minimum Gasteiger partial charge on any atom is -0.482 e. The number of carbonyl (C=O) groups excluding carboxylic acids is 2. The monoisotopic (exact) mass is 380 g/mol. The number of anilines is 1. The second-order valence-electron chi connectivity index (χ2n) is 7.39. The van der Waals surface area contributed by atoms with E-state index in [0.29, 0.717) is 18.0 Å². The number of ether oxygens (including phenoxy) is 1. The number of fused-ring (bicyclic) bond motifs is 2. The van der Waals surface area contributed by atoms with E-state index < -0.39 is 0 Å². The highest BCUT2D eigenvalue weighted by Gasteiger charge is 2.26. The van der Waals surface area contributed by atoms with Crippen LogP contribution in [0.3, 0.4) is 0 Å². The second kappa shape index (κ2) is 8.44. The van der Waals surface area contributed by atoms with Crippen LogP contribution in [0.5, 0.6) is 5.75 Å². The first kappa shape index (κ1) is 18.5. The number of benzene rings is 2. The molecule has 0 aromatic heterocycles. The van der Waals surface area contributed by atoms with E-state index in [1.165, 1.54) is 16.0 Å². The van der Waals surface area contributed by atoms with Crippen molar-refractivity contribution in [2.75, 3.05) is 37.7 Å². The number of nitrogens with zero attached hydrogens (tertiary/aromatic N) is 1. The molecule has 2 aromatic rings. The van der Waals surface area contributed by atoms with Crippen LogP contribution in [0.15, 0.2) is 48.5 Å². The van der Waals surface area contributed by atoms with Gasteiger partial charge in [-0.25, -0.2) is 0 Å². The molecule has 6 heteroatoms. The minimum absolute atomic E-state index is 0.0237. The Kier molecular flexibility index (Phi) is 5.58. The maximum Gasteiger partial charge on any atom is 0.265 e. The van der Waals surface area contributed by atoms with Gasteiger partial charge in [-0.05, 0) is 17.7 Å². The van der Waals surface area contributed by atoms with Crippen LogP contribution < -0.4 is 19.9 Å². The predicted molar refractivity (Wildman–Crippen MR) is 106 cm³/mol. The second-order valence-corrected chi connectivity index (χ2v) is 7.39. The van der Waals surface area contributed by atoms with Crippen molar-refractivity contribution >= 4 is 17.5 Å². The zero-order valence-electron chi connectivity index (χ0n) is 15.9. The molecule has 146 valence electrons. The number of carbonyl (C=O) groups is 2. The zero-order valence-corrected chi connectivity index (χ0v) is 15.9. The fourth-order valence-electron chi connectivity index (χ4n) is 3.95. The highest BCUT2D eigenvalue weighted by molar-refractivity contribution is 6.02. The van der Waals surface area contributed by atoms with Crippen molar-refractivity contribution in [2.24, 2.45) is 0 Å². The largest absolute Gasteiger partial charge is 0.482 e. The molecule has 2 heterocycles. The smallest absolute Gasteiger partial charge is 0.265 e. The van der Waals surface area contributed by atoms with Crippen LogP contribution in [0.25, 0.3) is 0 Å². The number of nitrogens with one attached hydrogen (secondary N) is 2. The summed E-state index contributed by atoms with van der Waals surface area (Å²) >= 11 is 0. The maximum atomic E-state index is 12.3. The first-order chi connectivity index (χ1) is 13.7. The molecule has 0 radical (unpaired) electrons. The standard InChI is InChI=1S/C22H25N3O3/c26-21(15-25-19-8-3-4-9-20(19)28-16-22(25)27)23-11-5-12-24-13-10-17-6-1-2-7-18(17)14-24/h1-4,6-9H,5,10-16H2,(H,23,26)/p+1. The van der Waals surface area contributed by atoms with Crippen molar-refractivity contribution in [3.8, 4) is 5.75 Å². The van der Waals surface area contributed by atoms with Crippen molar-refractivity contribution in [2.45, 2.75) is 19.4 Å². The van der Waals surface area contributed by atoms with E-state index in [0.717, 1.165) is 32.5 Å². The van der Waals surface area contributed by atoms with E-state index in [1.807, 2.05) is 18.2 Å². The molecule has 0 saturated carbocycles. The number of quaternary nitrogens is 1. The van der Waals surface area contributed by atoms with Gasteiger partial charge in [0.1, 0.15) is 18.8 Å². The van der Waals surface area contributed by atoms with Crippen molar-refractivity contribution < 1.29 is 19.2 Å². The molecule has 0 spiro atoms. The molecular formula is C22H26N3O3+. The van der Waals surface area contributed by atoms with E-state index >= 15 is 0 Å². The van der Waals surface area contributed by atoms with Gasteiger partial charge in [0, 0.05) is 24.9 Å². The van der Waals surface area contributed by atoms with Crippen LogP contribution in [0, 0.1) is 0 Å². The summed E-state index contributed by atoms with van der Waals surface area (Å²) in [5.74, 6) is 0.318. The van der Waals surface area contributed by atoms with Gasteiger partial charge < -0.3 is 15.0 Å². The summed E-state index contributed by atoms with van der Waals surface area (Å²) in [4.78, 5) is 27.5. The Morgan fingerprint density at radius 2 is 1.89 bits per heavy atom. The molecule has 28 heavy (non-hydrogen) atoms. The summed E-state index contributed by atoms with van der Waals surface area (Å²) in [5.41, 5.74) is 3.57. The van der Waals surface area contributed by atoms with E-state index in [2.05, 4.69) is 29.6 Å². The van der Waals surface area contributed by atoms with Crippen LogP contribution >= 0.6 is 0 Å². The van der Waals surface area contributed by atoms with Gasteiger partial charge in [-0.1, -0.05) is 36.4 Å². The molecule has 0 bridgehead atoms. The molecule has 2 amide bonds. The van der Waals surface area contributed by atoms with Crippen LogP contribution in [-0.4, -0.2) is 44.6 Å². The normalized spacial score (nSPS) is 18.1. The Morgan fingerprint density at radius 3 is 2.79 bits per heavy atom. The third-order valence-corrected chi connectivity index (χ3v) is 5.45. The predicted octanol–water partition coefficient (Wildman–Crippen LogP) is 0.560. The van der Waals surface area contributed by atoms with Gasteiger partial charge in [0.15, 0.2) is 6.61 Å². The molecule has 1 unspecified atom stereocenters. The number of rotatable bonds is 6. The molecule has 6 nitrogen and oxygen atoms in total. The average Bonchev–Trinajstić information content (AvgIpc) is 2.73. The van der Waals surface area contributed by atoms with E-state index in [9.17, 15) is 9.59 Å². The number of para-hydroxylation sites is 2. The van der Waals surface area contributed by atoms with Crippen LogP contribution in [0.4, 0.5) is 5.69 Å². The molecule has 0 fully saturated rings. The first-order valence-corrected chi connectivity index (χ1v) is 9.90. The van der Waals surface area contributed by atoms with E-state index in [-0.39, 0.29) is 25.0 Å². The Bertz CT molecular complexity index is 868. The molecule has 2 N–H and O–H groups in total. The lowest BCUT2D eigenvalue weighted by molar-refractivity contribution is -0.916. The van der Waals surface area contributed by atoms with Gasteiger partial charge in [0.05, 0.1) is 18.8 Å². The summed E-state index contributed by atoms with van der Waals surface area (Å²) in [6.07, 6.45) is 2.05. The van der Waals surface area contributed by atoms with Crippen molar-refractivity contribution in [3.63, 3.8) is 0 Å². The van der Waals surface area contributed by atoms with Crippen molar-refractivity contribution in [1.82, 2.24) is 5.32 Å². The fraction of sp³-hybridized carbons (Fsp3) is 0.364. The van der Waals surface area contributed by atoms with Gasteiger partial charge in [-0.15, -0.1) is 0 Å².